The maximum absolute atomic E-state index is 12.0. The third-order valence-corrected chi connectivity index (χ3v) is 2.30. The van der Waals surface area contributed by atoms with Crippen molar-refractivity contribution >= 4 is 0 Å². The Kier molecular flexibility index (Phi) is 5.68. The third kappa shape index (κ3) is 7.89. The second kappa shape index (κ2) is 6.83. The summed E-state index contributed by atoms with van der Waals surface area (Å²) in [5, 5.41) is 3.32. The molecule has 114 valence electrons. The minimum Gasteiger partial charge on any atom is -0.494 e. The molecule has 1 aromatic carbocycles. The maximum Gasteiger partial charge on any atom is 0.573 e. The topological polar surface area (TPSA) is 30.5 Å². The van der Waals surface area contributed by atoms with Gasteiger partial charge in [-0.05, 0) is 58.0 Å². The molecule has 6 heteroatoms. The van der Waals surface area contributed by atoms with Gasteiger partial charge in [0.05, 0.1) is 6.61 Å². The molecule has 0 spiro atoms. The van der Waals surface area contributed by atoms with Crippen LogP contribution in [0.5, 0.6) is 11.5 Å². The van der Waals surface area contributed by atoms with Gasteiger partial charge in [-0.15, -0.1) is 13.2 Å². The van der Waals surface area contributed by atoms with E-state index in [9.17, 15) is 13.2 Å². The second-order valence-corrected chi connectivity index (χ2v) is 5.40. The van der Waals surface area contributed by atoms with Crippen LogP contribution in [0.3, 0.4) is 0 Å². The number of ether oxygens (including phenoxy) is 2. The van der Waals surface area contributed by atoms with E-state index in [0.29, 0.717) is 12.4 Å². The van der Waals surface area contributed by atoms with Crippen LogP contribution in [0.4, 0.5) is 13.2 Å². The van der Waals surface area contributed by atoms with Gasteiger partial charge in [0.15, 0.2) is 0 Å². The average Bonchev–Trinajstić information content (AvgIpc) is 2.27. The molecule has 3 nitrogen and oxygen atoms in total. The normalized spacial score (nSPS) is 12.3. The first-order chi connectivity index (χ1) is 9.16. The highest BCUT2D eigenvalue weighted by atomic mass is 19.4. The fourth-order valence-corrected chi connectivity index (χ4v) is 1.46. The Morgan fingerprint density at radius 2 is 1.55 bits per heavy atom. The van der Waals surface area contributed by atoms with Gasteiger partial charge in [0.25, 0.3) is 0 Å². The zero-order valence-corrected chi connectivity index (χ0v) is 11.9. The molecule has 0 amide bonds. The van der Waals surface area contributed by atoms with Gasteiger partial charge >= 0.3 is 6.36 Å². The lowest BCUT2D eigenvalue weighted by Gasteiger charge is -2.20. The Bertz CT molecular complexity index is 396. The summed E-state index contributed by atoms with van der Waals surface area (Å²) in [4.78, 5) is 0. The fourth-order valence-electron chi connectivity index (χ4n) is 1.46. The highest BCUT2D eigenvalue weighted by Crippen LogP contribution is 2.24. The molecule has 0 aliphatic carbocycles. The van der Waals surface area contributed by atoms with Gasteiger partial charge in [0.1, 0.15) is 11.5 Å². The lowest BCUT2D eigenvalue weighted by atomic mass is 10.1. The predicted octanol–water partition coefficient (Wildman–Crippen LogP) is 3.74. The first-order valence-corrected chi connectivity index (χ1v) is 6.39. The van der Waals surface area contributed by atoms with Crippen LogP contribution in [-0.2, 0) is 0 Å². The van der Waals surface area contributed by atoms with Gasteiger partial charge in [-0.25, -0.2) is 0 Å². The standard InChI is InChI=1S/C14H20F3NO2/c1-13(2,3)18-9-4-10-19-11-5-7-12(8-6-11)20-14(15,16)17/h5-8,18H,4,9-10H2,1-3H3. The van der Waals surface area contributed by atoms with Crippen molar-refractivity contribution in [3.63, 3.8) is 0 Å². The number of alkyl halides is 3. The highest BCUT2D eigenvalue weighted by molar-refractivity contribution is 5.31. The molecular weight excluding hydrogens is 271 g/mol. The van der Waals surface area contributed by atoms with E-state index in [0.717, 1.165) is 13.0 Å². The minimum atomic E-state index is -4.67. The fraction of sp³-hybridized carbons (Fsp3) is 0.571. The summed E-state index contributed by atoms with van der Waals surface area (Å²) in [5.74, 6) is 0.273. The molecule has 0 aliphatic rings. The largest absolute Gasteiger partial charge is 0.573 e. The molecular formula is C14H20F3NO2. The van der Waals surface area contributed by atoms with Crippen molar-refractivity contribution in [1.82, 2.24) is 5.32 Å². The number of benzene rings is 1. The number of rotatable bonds is 6. The van der Waals surface area contributed by atoms with E-state index in [1.807, 2.05) is 0 Å². The summed E-state index contributed by atoms with van der Waals surface area (Å²) in [6.07, 6.45) is -3.85. The van der Waals surface area contributed by atoms with Gasteiger partial charge < -0.3 is 14.8 Å². The number of halogens is 3. The Labute approximate surface area is 117 Å². The van der Waals surface area contributed by atoms with Crippen molar-refractivity contribution in [1.29, 1.82) is 0 Å². The predicted molar refractivity (Wildman–Crippen MR) is 71.0 cm³/mol. The molecule has 1 rings (SSSR count). The summed E-state index contributed by atoms with van der Waals surface area (Å²) in [5.41, 5.74) is 0.0661. The van der Waals surface area contributed by atoms with Crippen LogP contribution in [-0.4, -0.2) is 25.1 Å². The van der Waals surface area contributed by atoms with Crippen LogP contribution in [0.2, 0.25) is 0 Å². The molecule has 1 N–H and O–H groups in total. The molecule has 1 aromatic rings. The van der Waals surface area contributed by atoms with Crippen molar-refractivity contribution in [2.45, 2.75) is 39.1 Å². The van der Waals surface area contributed by atoms with Crippen LogP contribution >= 0.6 is 0 Å². The van der Waals surface area contributed by atoms with Crippen molar-refractivity contribution in [3.8, 4) is 11.5 Å². The molecule has 0 heterocycles. The lowest BCUT2D eigenvalue weighted by Crippen LogP contribution is -2.36. The Morgan fingerprint density at radius 1 is 1.00 bits per heavy atom. The monoisotopic (exact) mass is 291 g/mol. The molecule has 20 heavy (non-hydrogen) atoms. The zero-order chi connectivity index (χ0) is 15.2. The van der Waals surface area contributed by atoms with Crippen LogP contribution < -0.4 is 14.8 Å². The van der Waals surface area contributed by atoms with Gasteiger partial charge in [-0.2, -0.15) is 0 Å². The molecule has 0 atom stereocenters. The van der Waals surface area contributed by atoms with E-state index >= 15 is 0 Å². The number of hydrogen-bond donors (Lipinski definition) is 1. The summed E-state index contributed by atoms with van der Waals surface area (Å²) >= 11 is 0. The smallest absolute Gasteiger partial charge is 0.494 e. The van der Waals surface area contributed by atoms with Crippen LogP contribution in [0.25, 0.3) is 0 Å². The van der Waals surface area contributed by atoms with E-state index in [4.69, 9.17) is 4.74 Å². The number of nitrogens with one attached hydrogen (secondary N) is 1. The second-order valence-electron chi connectivity index (χ2n) is 5.40. The molecule has 0 fully saturated rings. The molecule has 0 aliphatic heterocycles. The first kappa shape index (κ1) is 16.6. The van der Waals surface area contributed by atoms with Crippen molar-refractivity contribution < 1.29 is 22.6 Å². The Balaban J connectivity index is 2.28. The number of hydrogen-bond acceptors (Lipinski definition) is 3. The molecule has 0 aromatic heterocycles. The van der Waals surface area contributed by atoms with E-state index in [1.165, 1.54) is 24.3 Å². The summed E-state index contributed by atoms with van der Waals surface area (Å²) in [7, 11) is 0. The molecule has 0 unspecified atom stereocenters. The van der Waals surface area contributed by atoms with Crippen LogP contribution in [0.1, 0.15) is 27.2 Å². The van der Waals surface area contributed by atoms with E-state index < -0.39 is 6.36 Å². The highest BCUT2D eigenvalue weighted by Gasteiger charge is 2.30. The SMILES string of the molecule is CC(C)(C)NCCCOc1ccc(OC(F)(F)F)cc1. The summed E-state index contributed by atoms with van der Waals surface area (Å²) in [6.45, 7) is 7.55. The average molecular weight is 291 g/mol. The van der Waals surface area contributed by atoms with Crippen molar-refractivity contribution in [3.05, 3.63) is 24.3 Å². The van der Waals surface area contributed by atoms with Gasteiger partial charge in [0, 0.05) is 5.54 Å². The summed E-state index contributed by atoms with van der Waals surface area (Å²) < 4.78 is 45.1. The molecule has 0 radical (unpaired) electrons. The molecule has 0 saturated heterocycles. The Morgan fingerprint density at radius 3 is 2.05 bits per heavy atom. The van der Waals surface area contributed by atoms with E-state index in [-0.39, 0.29) is 11.3 Å². The zero-order valence-electron chi connectivity index (χ0n) is 11.9. The minimum absolute atomic E-state index is 0.0661. The van der Waals surface area contributed by atoms with Gasteiger partial charge in [0.2, 0.25) is 0 Å². The lowest BCUT2D eigenvalue weighted by molar-refractivity contribution is -0.274. The third-order valence-electron chi connectivity index (χ3n) is 2.30. The van der Waals surface area contributed by atoms with Crippen LogP contribution in [0.15, 0.2) is 24.3 Å². The Hall–Kier alpha value is -1.43. The molecule has 0 saturated carbocycles. The van der Waals surface area contributed by atoms with Gasteiger partial charge in [-0.3, -0.25) is 0 Å². The van der Waals surface area contributed by atoms with Gasteiger partial charge in [-0.1, -0.05) is 0 Å². The summed E-state index contributed by atoms with van der Waals surface area (Å²) in [6, 6.07) is 5.38. The van der Waals surface area contributed by atoms with Crippen molar-refractivity contribution in [2.75, 3.05) is 13.2 Å². The molecule has 0 bridgehead atoms. The van der Waals surface area contributed by atoms with E-state index in [2.05, 4.69) is 30.8 Å². The maximum atomic E-state index is 12.0. The quantitative estimate of drug-likeness (QED) is 0.810. The van der Waals surface area contributed by atoms with Crippen LogP contribution in [0, 0.1) is 0 Å². The first-order valence-electron chi connectivity index (χ1n) is 6.39. The van der Waals surface area contributed by atoms with Crippen molar-refractivity contribution in [2.24, 2.45) is 0 Å². The van der Waals surface area contributed by atoms with E-state index in [1.54, 1.807) is 0 Å².